The molecule has 4 aliphatic rings. The molecule has 4 bridgehead atoms. The zero-order chi connectivity index (χ0) is 14.3. The molecule has 0 spiro atoms. The molecule has 114 valence electrons. The van der Waals surface area contributed by atoms with Crippen LogP contribution in [0.1, 0.15) is 40.0 Å². The summed E-state index contributed by atoms with van der Waals surface area (Å²) < 4.78 is 17.4. The van der Waals surface area contributed by atoms with Crippen LogP contribution in [0.2, 0.25) is 0 Å². The summed E-state index contributed by atoms with van der Waals surface area (Å²) in [5.74, 6) is 1.27. The molecule has 5 unspecified atom stereocenters. The van der Waals surface area contributed by atoms with Gasteiger partial charge in [0.1, 0.15) is 11.7 Å². The minimum atomic E-state index is -0.373. The van der Waals surface area contributed by atoms with E-state index in [9.17, 15) is 4.79 Å². The zero-order valence-electron chi connectivity index (χ0n) is 12.6. The van der Waals surface area contributed by atoms with Gasteiger partial charge >= 0.3 is 6.09 Å². The molecule has 3 heterocycles. The van der Waals surface area contributed by atoms with Crippen molar-refractivity contribution in [2.75, 3.05) is 13.2 Å². The summed E-state index contributed by atoms with van der Waals surface area (Å²) in [6.45, 7) is 7.75. The topological polar surface area (TPSA) is 56.8 Å². The van der Waals surface area contributed by atoms with Gasteiger partial charge in [0.25, 0.3) is 0 Å². The summed E-state index contributed by atoms with van der Waals surface area (Å²) in [6.07, 6.45) is 2.33. The fourth-order valence-corrected chi connectivity index (χ4v) is 3.99. The molecule has 0 radical (unpaired) electrons. The van der Waals surface area contributed by atoms with Gasteiger partial charge in [-0.3, -0.25) is 0 Å². The minimum absolute atomic E-state index is 0.133. The van der Waals surface area contributed by atoms with Crippen molar-refractivity contribution in [2.45, 2.75) is 58.0 Å². The Morgan fingerprint density at radius 1 is 1.50 bits per heavy atom. The molecule has 4 fully saturated rings. The van der Waals surface area contributed by atoms with Crippen LogP contribution in [0.25, 0.3) is 0 Å². The second-order valence-corrected chi connectivity index (χ2v) is 6.54. The summed E-state index contributed by atoms with van der Waals surface area (Å²) in [5, 5.41) is 2.81. The molecule has 0 aromatic heterocycles. The van der Waals surface area contributed by atoms with Crippen LogP contribution >= 0.6 is 0 Å². The number of amides is 1. The van der Waals surface area contributed by atoms with Gasteiger partial charge in [-0.1, -0.05) is 20.3 Å². The molecule has 3 saturated heterocycles. The Kier molecular flexibility index (Phi) is 3.67. The Morgan fingerprint density at radius 3 is 3.00 bits per heavy atom. The number of hydrogen-bond acceptors (Lipinski definition) is 4. The van der Waals surface area contributed by atoms with Crippen LogP contribution in [0.3, 0.4) is 0 Å². The van der Waals surface area contributed by atoms with Gasteiger partial charge in [-0.05, 0) is 25.7 Å². The first-order valence-corrected chi connectivity index (χ1v) is 7.80. The van der Waals surface area contributed by atoms with Crippen molar-refractivity contribution in [3.05, 3.63) is 0 Å². The number of ether oxygens (including phenoxy) is 3. The smallest absolute Gasteiger partial charge is 0.407 e. The standard InChI is InChI=1S/C15H25NO4/c1-4-5-6-16-14(17)19-12-7-10-9(2)13-18-8-11(10)15(12,3)20-13/h9-13H,4-8H2,1-3H3,(H,16,17)/t9?,10?,11?,12-,13?,15?/m1/s1. The van der Waals surface area contributed by atoms with Gasteiger partial charge in [-0.2, -0.15) is 0 Å². The Bertz CT molecular complexity index is 388. The molecule has 4 rings (SSSR count). The third kappa shape index (κ3) is 2.11. The Labute approximate surface area is 120 Å². The van der Waals surface area contributed by atoms with Crippen molar-refractivity contribution in [2.24, 2.45) is 17.8 Å². The molecule has 1 saturated carbocycles. The highest BCUT2D eigenvalue weighted by molar-refractivity contribution is 5.67. The van der Waals surface area contributed by atoms with E-state index in [2.05, 4.69) is 26.1 Å². The second kappa shape index (κ2) is 5.19. The van der Waals surface area contributed by atoms with E-state index in [-0.39, 0.29) is 24.1 Å². The quantitative estimate of drug-likeness (QED) is 0.804. The molecule has 1 aliphatic carbocycles. The van der Waals surface area contributed by atoms with E-state index >= 15 is 0 Å². The highest BCUT2D eigenvalue weighted by Crippen LogP contribution is 2.56. The number of carbonyl (C=O) groups excluding carboxylic acids is 1. The molecule has 0 aromatic carbocycles. The SMILES string of the molecule is CCCCNC(=O)O[C@@H]1CC2C(C)C3OCC2C1(C)O3. The normalized spacial score (nSPS) is 45.5. The highest BCUT2D eigenvalue weighted by atomic mass is 16.7. The van der Waals surface area contributed by atoms with Crippen LogP contribution in [0.15, 0.2) is 0 Å². The van der Waals surface area contributed by atoms with Gasteiger partial charge in [0.05, 0.1) is 6.61 Å². The van der Waals surface area contributed by atoms with Gasteiger partial charge < -0.3 is 19.5 Å². The summed E-state index contributed by atoms with van der Waals surface area (Å²) in [7, 11) is 0. The number of nitrogens with one attached hydrogen (secondary N) is 1. The Morgan fingerprint density at radius 2 is 2.30 bits per heavy atom. The van der Waals surface area contributed by atoms with Crippen LogP contribution in [0.5, 0.6) is 0 Å². The van der Waals surface area contributed by atoms with Crippen molar-refractivity contribution < 1.29 is 19.0 Å². The summed E-state index contributed by atoms with van der Waals surface area (Å²) in [4.78, 5) is 11.9. The van der Waals surface area contributed by atoms with Gasteiger partial charge in [0.2, 0.25) is 0 Å². The van der Waals surface area contributed by atoms with E-state index in [0.29, 0.717) is 24.3 Å². The summed E-state index contributed by atoms with van der Waals surface area (Å²) in [5.41, 5.74) is -0.373. The summed E-state index contributed by atoms with van der Waals surface area (Å²) >= 11 is 0. The number of unbranched alkanes of at least 4 members (excludes halogenated alkanes) is 1. The van der Waals surface area contributed by atoms with Crippen LogP contribution < -0.4 is 5.32 Å². The average molecular weight is 283 g/mol. The lowest BCUT2D eigenvalue weighted by Gasteiger charge is -2.51. The molecular formula is C15H25NO4. The molecule has 5 heteroatoms. The molecule has 20 heavy (non-hydrogen) atoms. The van der Waals surface area contributed by atoms with E-state index < -0.39 is 0 Å². The Hall–Kier alpha value is -0.810. The number of alkyl carbamates (subject to hydrolysis) is 1. The first-order chi connectivity index (χ1) is 9.56. The lowest BCUT2D eigenvalue weighted by atomic mass is 9.76. The number of fused-ring (bicyclic) bond motifs is 1. The number of rotatable bonds is 4. The van der Waals surface area contributed by atoms with E-state index in [0.717, 1.165) is 25.9 Å². The van der Waals surface area contributed by atoms with Crippen LogP contribution in [0.4, 0.5) is 4.79 Å². The predicted octanol–water partition coefficient (Wildman–Crippen LogP) is 2.30. The maximum Gasteiger partial charge on any atom is 0.407 e. The van der Waals surface area contributed by atoms with Crippen molar-refractivity contribution in [3.63, 3.8) is 0 Å². The molecule has 1 N–H and O–H groups in total. The van der Waals surface area contributed by atoms with Crippen molar-refractivity contribution in [3.8, 4) is 0 Å². The van der Waals surface area contributed by atoms with E-state index in [4.69, 9.17) is 14.2 Å². The maximum absolute atomic E-state index is 11.9. The summed E-state index contributed by atoms with van der Waals surface area (Å²) in [6, 6.07) is 0. The molecule has 3 aliphatic heterocycles. The van der Waals surface area contributed by atoms with Crippen molar-refractivity contribution in [1.82, 2.24) is 5.32 Å². The van der Waals surface area contributed by atoms with Crippen molar-refractivity contribution in [1.29, 1.82) is 0 Å². The minimum Gasteiger partial charge on any atom is -0.443 e. The van der Waals surface area contributed by atoms with Gasteiger partial charge in [-0.25, -0.2) is 4.79 Å². The largest absolute Gasteiger partial charge is 0.443 e. The van der Waals surface area contributed by atoms with Gasteiger partial charge in [0, 0.05) is 18.4 Å². The first kappa shape index (κ1) is 14.1. The second-order valence-electron chi connectivity index (χ2n) is 6.54. The lowest BCUT2D eigenvalue weighted by molar-refractivity contribution is -0.337. The van der Waals surface area contributed by atoms with Gasteiger partial charge in [-0.15, -0.1) is 0 Å². The van der Waals surface area contributed by atoms with E-state index in [1.54, 1.807) is 0 Å². The maximum atomic E-state index is 11.9. The molecular weight excluding hydrogens is 258 g/mol. The van der Waals surface area contributed by atoms with Crippen LogP contribution in [0, 0.1) is 17.8 Å². The fourth-order valence-electron chi connectivity index (χ4n) is 3.99. The number of hydrogen-bond donors (Lipinski definition) is 1. The predicted molar refractivity (Wildman–Crippen MR) is 73.2 cm³/mol. The highest BCUT2D eigenvalue weighted by Gasteiger charge is 2.64. The first-order valence-electron chi connectivity index (χ1n) is 7.80. The fraction of sp³-hybridized carbons (Fsp3) is 0.933. The van der Waals surface area contributed by atoms with E-state index in [1.165, 1.54) is 0 Å². The van der Waals surface area contributed by atoms with Crippen LogP contribution in [-0.4, -0.2) is 37.2 Å². The monoisotopic (exact) mass is 283 g/mol. The third-order valence-corrected chi connectivity index (χ3v) is 5.34. The molecule has 5 nitrogen and oxygen atoms in total. The lowest BCUT2D eigenvalue weighted by Crippen LogP contribution is -2.59. The molecule has 6 atom stereocenters. The van der Waals surface area contributed by atoms with E-state index in [1.807, 2.05) is 0 Å². The van der Waals surface area contributed by atoms with Gasteiger partial charge in [0.15, 0.2) is 6.29 Å². The third-order valence-electron chi connectivity index (χ3n) is 5.34. The van der Waals surface area contributed by atoms with Crippen LogP contribution in [-0.2, 0) is 14.2 Å². The number of carbonyl (C=O) groups is 1. The molecule has 1 amide bonds. The zero-order valence-corrected chi connectivity index (χ0v) is 12.6. The average Bonchev–Trinajstić information content (AvgIpc) is 2.66. The van der Waals surface area contributed by atoms with Crippen molar-refractivity contribution >= 4 is 6.09 Å². The molecule has 0 aromatic rings. The Balaban J connectivity index is 1.63.